The molecule has 14 heteroatoms. The lowest BCUT2D eigenvalue weighted by molar-refractivity contribution is -0.160. The summed E-state index contributed by atoms with van der Waals surface area (Å²) in [4.78, 5) is 49.6. The van der Waals surface area contributed by atoms with Crippen molar-refractivity contribution < 1.29 is 49.0 Å². The molecule has 0 spiro atoms. The van der Waals surface area contributed by atoms with Gasteiger partial charge in [-0.3, -0.25) is 23.8 Å². The molecule has 5 N–H and O–H groups in total. The number of carbonyl (C=O) groups excluding carboxylic acids is 3. The second-order valence-corrected chi connectivity index (χ2v) is 15.9. The number of aromatic hydroxyl groups is 1. The van der Waals surface area contributed by atoms with Gasteiger partial charge in [-0.15, -0.1) is 0 Å². The van der Waals surface area contributed by atoms with Crippen LogP contribution in [0, 0.1) is 35.5 Å². The van der Waals surface area contributed by atoms with Crippen LogP contribution in [0.5, 0.6) is 5.75 Å². The Bertz CT molecular complexity index is 2360. The maximum Gasteiger partial charge on any atom is 0.302 e. The number of phenolic OH excluding ortho intramolecular Hbond substituents is 1. The number of aromatic nitrogens is 2. The van der Waals surface area contributed by atoms with E-state index >= 15 is 0 Å². The maximum atomic E-state index is 13.9. The summed E-state index contributed by atoms with van der Waals surface area (Å²) in [5.74, 6) is 0.212. The van der Waals surface area contributed by atoms with Crippen molar-refractivity contribution in [3.8, 4) is 17.6 Å². The first-order valence-electron chi connectivity index (χ1n) is 20.1. The number of aliphatic hydroxyl groups is 3. The number of phenols is 1. The zero-order valence-corrected chi connectivity index (χ0v) is 35.8. The van der Waals surface area contributed by atoms with E-state index in [0.29, 0.717) is 5.65 Å². The number of hydrogen-bond acceptors (Lipinski definition) is 12. The van der Waals surface area contributed by atoms with Crippen molar-refractivity contribution in [1.82, 2.24) is 9.38 Å². The summed E-state index contributed by atoms with van der Waals surface area (Å²) in [6.07, 6.45) is 6.68. The van der Waals surface area contributed by atoms with Crippen molar-refractivity contribution in [3.05, 3.63) is 76.7 Å². The van der Waals surface area contributed by atoms with Gasteiger partial charge >= 0.3 is 5.97 Å². The lowest BCUT2D eigenvalue weighted by Crippen LogP contribution is -2.46. The number of hydrogen-bond donors (Lipinski definition) is 5. The van der Waals surface area contributed by atoms with Gasteiger partial charge in [0.05, 0.1) is 23.9 Å². The van der Waals surface area contributed by atoms with Gasteiger partial charge in [-0.1, -0.05) is 64.0 Å². The largest absolute Gasteiger partial charge is 0.512 e. The molecule has 1 unspecified atom stereocenters. The van der Waals surface area contributed by atoms with E-state index in [-0.39, 0.29) is 57.2 Å². The Morgan fingerprint density at radius 2 is 1.75 bits per heavy atom. The van der Waals surface area contributed by atoms with Crippen molar-refractivity contribution in [2.45, 2.75) is 98.4 Å². The Balaban J connectivity index is 1.81. The van der Waals surface area contributed by atoms with Gasteiger partial charge in [0.15, 0.2) is 5.75 Å². The molecule has 2 bridgehead atoms. The first-order chi connectivity index (χ1) is 28.4. The van der Waals surface area contributed by atoms with Gasteiger partial charge in [-0.25, -0.2) is 4.98 Å². The van der Waals surface area contributed by atoms with Crippen LogP contribution in [0.25, 0.3) is 22.3 Å². The number of amides is 1. The molecule has 0 saturated carbocycles. The number of ketones is 1. The van der Waals surface area contributed by atoms with E-state index in [1.165, 1.54) is 21.1 Å². The number of rotatable bonds is 5. The number of esters is 1. The van der Waals surface area contributed by atoms with Gasteiger partial charge in [0.25, 0.3) is 5.91 Å². The van der Waals surface area contributed by atoms with E-state index in [2.05, 4.69) is 22.2 Å². The minimum atomic E-state index is -1.15. The summed E-state index contributed by atoms with van der Waals surface area (Å²) in [5.41, 5.74) is 1.49. The predicted octanol–water partition coefficient (Wildman–Crippen LogP) is 6.12. The Hall–Kier alpha value is -5.59. The average molecular weight is 825 g/mol. The third-order valence-corrected chi connectivity index (χ3v) is 11.3. The van der Waals surface area contributed by atoms with Gasteiger partial charge in [-0.05, 0) is 44.4 Å². The number of ether oxygens (including phenoxy) is 3. The van der Waals surface area contributed by atoms with E-state index in [9.17, 15) is 34.8 Å². The molecule has 0 radical (unpaired) electrons. The topological polar surface area (TPSA) is 202 Å². The first kappa shape index (κ1) is 45.5. The van der Waals surface area contributed by atoms with Crippen LogP contribution in [0.2, 0.25) is 0 Å². The predicted molar refractivity (Wildman–Crippen MR) is 230 cm³/mol. The highest BCUT2D eigenvalue weighted by molar-refractivity contribution is 6.22. The van der Waals surface area contributed by atoms with Crippen LogP contribution in [0.3, 0.4) is 0 Å². The highest BCUT2D eigenvalue weighted by Gasteiger charge is 2.40. The fraction of sp³-hybridized carbons (Fsp3) is 0.457. The summed E-state index contributed by atoms with van der Waals surface area (Å²) in [5, 5.41) is 49.8. The summed E-state index contributed by atoms with van der Waals surface area (Å²) >= 11 is 0. The number of carbonyl (C=O) groups is 3. The van der Waals surface area contributed by atoms with E-state index in [4.69, 9.17) is 19.2 Å². The Morgan fingerprint density at radius 3 is 2.40 bits per heavy atom. The normalized spacial score (nSPS) is 29.2. The summed E-state index contributed by atoms with van der Waals surface area (Å²) in [6, 6.07) is 3.60. The SMILES string of the molecule is COC1C#CC(=O)c2c(O)c3c4c(nc5cc(C=NC(C)C)ccn54)c2C1=C(O)C/C=C/[C@H](OC)[C@@H](C)[C@@H](OC(C)=O)[C@H](C)[C@H](O)[C@H](C)[C@@H](O)[C@@H](C)/C=C/C=C(/C)C(=O)N3. The number of aliphatic hydroxyl groups excluding tert-OH is 3. The van der Waals surface area contributed by atoms with E-state index in [1.807, 2.05) is 20.8 Å². The number of fused-ring (bicyclic) bond motifs is 1. The van der Waals surface area contributed by atoms with Gasteiger partial charge < -0.3 is 40.0 Å². The van der Waals surface area contributed by atoms with Gasteiger partial charge in [0.1, 0.15) is 40.3 Å². The monoisotopic (exact) mass is 824 g/mol. The highest BCUT2D eigenvalue weighted by atomic mass is 16.5. The lowest BCUT2D eigenvalue weighted by Gasteiger charge is -2.38. The molecule has 1 aromatic carbocycles. The van der Waals surface area contributed by atoms with Gasteiger partial charge in [0.2, 0.25) is 5.78 Å². The summed E-state index contributed by atoms with van der Waals surface area (Å²) in [6.45, 7) is 13.8. The molecule has 0 fully saturated rings. The van der Waals surface area contributed by atoms with Crippen molar-refractivity contribution in [1.29, 1.82) is 0 Å². The fourth-order valence-corrected chi connectivity index (χ4v) is 7.83. The van der Waals surface area contributed by atoms with Crippen molar-refractivity contribution in [2.75, 3.05) is 19.5 Å². The molecule has 320 valence electrons. The Kier molecular flexibility index (Phi) is 14.6. The summed E-state index contributed by atoms with van der Waals surface area (Å²) in [7, 11) is 2.87. The molecule has 1 aliphatic carbocycles. The smallest absolute Gasteiger partial charge is 0.302 e. The number of Topliss-reactive ketones (excluding diaryl/α,β-unsaturated/α-hetero) is 1. The van der Waals surface area contributed by atoms with Crippen molar-refractivity contribution in [2.24, 2.45) is 28.7 Å². The standard InChI is InChI=1S/C46H56N4O10/c1-23(2)47-22-30-19-20-50-35(21-30)48-39-38-36-31(52)15-12-16-33(58-9)26(5)45(60-29(8)51)28(7)43(55)27(6)42(54)24(3)13-11-14-25(4)46(57)49-40(41(39)50)44(56)37(38)32(53)17-18-34(36)59-10/h11-14,16,19-24,26-28,33-34,42-43,45,52,54-56H,15H2,1-10H3,(H,49,57)/b13-11+,16-12+,25-14-,36-31?,47-22?/t24-,26+,27+,28+,33-,34?,42-,43+,45+/m0/s1. The summed E-state index contributed by atoms with van der Waals surface area (Å²) < 4.78 is 19.1. The molecule has 1 aliphatic heterocycles. The van der Waals surface area contributed by atoms with Crippen LogP contribution in [-0.4, -0.2) is 104 Å². The van der Waals surface area contributed by atoms with Crippen LogP contribution in [0.1, 0.15) is 83.3 Å². The molecular weight excluding hydrogens is 769 g/mol. The maximum absolute atomic E-state index is 13.9. The van der Waals surface area contributed by atoms with Crippen LogP contribution >= 0.6 is 0 Å². The van der Waals surface area contributed by atoms with Crippen LogP contribution in [0.4, 0.5) is 5.69 Å². The zero-order valence-electron chi connectivity index (χ0n) is 35.8. The third kappa shape index (κ3) is 9.40. The number of methoxy groups -OCH3 is 2. The molecule has 2 aliphatic rings. The number of anilines is 1. The second-order valence-electron chi connectivity index (χ2n) is 15.9. The molecule has 2 aromatic heterocycles. The molecule has 3 heterocycles. The number of benzene rings is 1. The van der Waals surface area contributed by atoms with Gasteiger partial charge in [-0.2, -0.15) is 0 Å². The number of allylic oxidation sites excluding steroid dienone is 3. The number of nitrogens with zero attached hydrogens (tertiary/aromatic N) is 3. The molecule has 60 heavy (non-hydrogen) atoms. The van der Waals surface area contributed by atoms with Crippen LogP contribution < -0.4 is 5.32 Å². The molecule has 1 amide bonds. The fourth-order valence-electron chi connectivity index (χ4n) is 7.83. The molecule has 5 rings (SSSR count). The highest BCUT2D eigenvalue weighted by Crippen LogP contribution is 2.45. The van der Waals surface area contributed by atoms with Crippen molar-refractivity contribution in [3.63, 3.8) is 0 Å². The third-order valence-electron chi connectivity index (χ3n) is 11.3. The number of imidazole rings is 1. The first-order valence-corrected chi connectivity index (χ1v) is 20.1. The number of aliphatic imine (C=N–C) groups is 1. The average Bonchev–Trinajstić information content (AvgIpc) is 3.51. The number of pyridine rings is 1. The zero-order chi connectivity index (χ0) is 44.2. The van der Waals surface area contributed by atoms with Gasteiger partial charge in [0, 0.05) is 86.4 Å². The Morgan fingerprint density at radius 1 is 1.03 bits per heavy atom. The Labute approximate surface area is 350 Å². The minimum absolute atomic E-state index is 0.0326. The van der Waals surface area contributed by atoms with Crippen molar-refractivity contribution >= 4 is 51.8 Å². The van der Waals surface area contributed by atoms with E-state index < -0.39 is 77.6 Å². The molecule has 9 atom stereocenters. The van der Waals surface area contributed by atoms with E-state index in [0.717, 1.165) is 5.56 Å². The molecule has 14 nitrogen and oxygen atoms in total. The van der Waals surface area contributed by atoms with E-state index in [1.54, 1.807) is 87.0 Å². The molecular formula is C46H56N4O10. The van der Waals surface area contributed by atoms with Crippen LogP contribution in [0.15, 0.2) is 65.0 Å². The molecule has 0 saturated heterocycles. The molecule has 3 aromatic rings. The second kappa shape index (κ2) is 19.2. The minimum Gasteiger partial charge on any atom is -0.512 e. The van der Waals surface area contributed by atoms with Crippen LogP contribution in [-0.2, 0) is 23.8 Å². The quantitative estimate of drug-likeness (QED) is 0.0496. The lowest BCUT2D eigenvalue weighted by atomic mass is 9.78. The number of nitrogens with one attached hydrogen (secondary N) is 1.